The van der Waals surface area contributed by atoms with E-state index in [4.69, 9.17) is 4.74 Å². The minimum Gasteiger partial charge on any atom is -0.466 e. The topological polar surface area (TPSA) is 95.9 Å². The molecule has 6 nitrogen and oxygen atoms in total. The molecule has 0 saturated carbocycles. The van der Waals surface area contributed by atoms with Crippen molar-refractivity contribution in [1.82, 2.24) is 5.32 Å². The molecule has 0 aromatic carbocycles. The van der Waals surface area contributed by atoms with Crippen molar-refractivity contribution in [3.8, 4) is 0 Å². The molecule has 0 aliphatic heterocycles. The van der Waals surface area contributed by atoms with Crippen molar-refractivity contribution >= 4 is 11.9 Å². The SMILES string of the molecule is CCCCCCCCCCCCCCCCCCCCC(O)C(CO)NC(=O)CCCCCC/C=C\CCCCOC(=O)CCCCCCCCCCCCC. The number of esters is 1. The lowest BCUT2D eigenvalue weighted by Gasteiger charge is -2.22. The van der Waals surface area contributed by atoms with Gasteiger partial charge in [-0.3, -0.25) is 9.59 Å². The summed E-state index contributed by atoms with van der Waals surface area (Å²) in [5.74, 6) is -0.105. The smallest absolute Gasteiger partial charge is 0.305 e. The van der Waals surface area contributed by atoms with Crippen LogP contribution in [0.5, 0.6) is 0 Å². The number of amides is 1. The Bertz CT molecular complexity index is 832. The van der Waals surface area contributed by atoms with Crippen molar-refractivity contribution in [1.29, 1.82) is 0 Å². The van der Waals surface area contributed by atoms with Gasteiger partial charge in [0.15, 0.2) is 0 Å². The summed E-state index contributed by atoms with van der Waals surface area (Å²) in [7, 11) is 0. The maximum atomic E-state index is 12.4. The lowest BCUT2D eigenvalue weighted by atomic mass is 10.0. The predicted molar refractivity (Wildman–Crippen MR) is 241 cm³/mol. The third-order valence-corrected chi connectivity index (χ3v) is 11.6. The predicted octanol–water partition coefficient (Wildman–Crippen LogP) is 14.6. The average Bonchev–Trinajstić information content (AvgIpc) is 3.20. The maximum Gasteiger partial charge on any atom is 0.305 e. The number of rotatable bonds is 46. The highest BCUT2D eigenvalue weighted by Gasteiger charge is 2.20. The number of unbranched alkanes of at least 4 members (excludes halogenated alkanes) is 33. The van der Waals surface area contributed by atoms with Gasteiger partial charge in [-0.15, -0.1) is 0 Å². The Labute approximate surface area is 349 Å². The second kappa shape index (κ2) is 46.3. The number of allylic oxidation sites excluding steroid dienone is 2. The van der Waals surface area contributed by atoms with Crippen LogP contribution in [0.1, 0.15) is 271 Å². The van der Waals surface area contributed by atoms with Gasteiger partial charge >= 0.3 is 5.97 Å². The molecule has 56 heavy (non-hydrogen) atoms. The van der Waals surface area contributed by atoms with Crippen molar-refractivity contribution < 1.29 is 24.5 Å². The Balaban J connectivity index is 3.53. The fourth-order valence-corrected chi connectivity index (χ4v) is 7.69. The fourth-order valence-electron chi connectivity index (χ4n) is 7.69. The summed E-state index contributed by atoms with van der Waals surface area (Å²) in [6.45, 7) is 4.87. The molecule has 0 aromatic heterocycles. The van der Waals surface area contributed by atoms with Crippen LogP contribution < -0.4 is 5.32 Å². The van der Waals surface area contributed by atoms with Crippen LogP contribution in [0.4, 0.5) is 0 Å². The van der Waals surface area contributed by atoms with Gasteiger partial charge in [0.05, 0.1) is 25.4 Å². The van der Waals surface area contributed by atoms with Crippen molar-refractivity contribution in [2.24, 2.45) is 0 Å². The second-order valence-corrected chi connectivity index (χ2v) is 17.1. The summed E-state index contributed by atoms with van der Waals surface area (Å²) >= 11 is 0. The monoisotopic (exact) mass is 792 g/mol. The molecule has 0 aliphatic rings. The molecule has 0 spiro atoms. The van der Waals surface area contributed by atoms with Crippen LogP contribution in [0.3, 0.4) is 0 Å². The molecule has 1 amide bonds. The molecule has 0 bridgehead atoms. The van der Waals surface area contributed by atoms with Gasteiger partial charge in [0.1, 0.15) is 0 Å². The maximum absolute atomic E-state index is 12.4. The standard InChI is InChI=1S/C50H97NO5/c1-3-5-7-9-11-13-15-16-17-18-19-20-21-23-26-30-34-38-42-48(53)47(46-52)51-49(54)43-39-35-31-27-24-25-29-33-37-41-45-56-50(55)44-40-36-32-28-22-14-12-10-8-6-4-2/h25,29,47-48,52-53H,3-24,26-28,30-46H2,1-2H3,(H,51,54)/b29-25-. The zero-order valence-corrected chi connectivity index (χ0v) is 37.6. The van der Waals surface area contributed by atoms with Gasteiger partial charge in [0, 0.05) is 12.8 Å². The van der Waals surface area contributed by atoms with Crippen LogP contribution in [-0.4, -0.2) is 47.4 Å². The van der Waals surface area contributed by atoms with Crippen LogP contribution in [0, 0.1) is 0 Å². The molecule has 6 heteroatoms. The normalized spacial score (nSPS) is 12.7. The number of aliphatic hydroxyl groups excluding tert-OH is 2. The fraction of sp³-hybridized carbons (Fsp3) is 0.920. The Kier molecular flexibility index (Phi) is 45.1. The quantitative estimate of drug-likeness (QED) is 0.0324. The molecular formula is C50H97NO5. The second-order valence-electron chi connectivity index (χ2n) is 17.1. The summed E-state index contributed by atoms with van der Waals surface area (Å²) in [5, 5.41) is 23.2. The summed E-state index contributed by atoms with van der Waals surface area (Å²) in [6.07, 6.45) is 51.8. The Morgan fingerprint density at radius 1 is 0.482 bits per heavy atom. The molecule has 0 rings (SSSR count). The Hall–Kier alpha value is -1.40. The zero-order valence-electron chi connectivity index (χ0n) is 37.6. The first kappa shape index (κ1) is 54.6. The van der Waals surface area contributed by atoms with Crippen LogP contribution in [0.25, 0.3) is 0 Å². The van der Waals surface area contributed by atoms with E-state index in [-0.39, 0.29) is 18.5 Å². The largest absolute Gasteiger partial charge is 0.466 e. The number of hydrogen-bond acceptors (Lipinski definition) is 5. The minimum absolute atomic E-state index is 0.0363. The molecule has 0 aromatic rings. The van der Waals surface area contributed by atoms with Crippen LogP contribution in [-0.2, 0) is 14.3 Å². The van der Waals surface area contributed by atoms with E-state index in [0.29, 0.717) is 25.9 Å². The van der Waals surface area contributed by atoms with E-state index in [1.807, 2.05) is 0 Å². The van der Waals surface area contributed by atoms with Gasteiger partial charge in [-0.1, -0.05) is 219 Å². The number of carbonyl (C=O) groups is 2. The number of carbonyl (C=O) groups excluding carboxylic acids is 2. The van der Waals surface area contributed by atoms with Gasteiger partial charge in [0.2, 0.25) is 5.91 Å². The molecule has 0 radical (unpaired) electrons. The van der Waals surface area contributed by atoms with Gasteiger partial charge in [-0.2, -0.15) is 0 Å². The van der Waals surface area contributed by atoms with E-state index in [0.717, 1.165) is 77.0 Å². The lowest BCUT2D eigenvalue weighted by molar-refractivity contribution is -0.143. The van der Waals surface area contributed by atoms with Crippen molar-refractivity contribution in [2.75, 3.05) is 13.2 Å². The van der Waals surface area contributed by atoms with Gasteiger partial charge in [-0.25, -0.2) is 0 Å². The molecule has 0 saturated heterocycles. The molecule has 2 atom stereocenters. The average molecular weight is 792 g/mol. The summed E-state index contributed by atoms with van der Waals surface area (Å²) in [5.41, 5.74) is 0. The van der Waals surface area contributed by atoms with E-state index < -0.39 is 12.1 Å². The van der Waals surface area contributed by atoms with Crippen LogP contribution in [0.2, 0.25) is 0 Å². The lowest BCUT2D eigenvalue weighted by Crippen LogP contribution is -2.45. The molecule has 332 valence electrons. The van der Waals surface area contributed by atoms with Crippen LogP contribution >= 0.6 is 0 Å². The zero-order chi connectivity index (χ0) is 40.8. The third kappa shape index (κ3) is 42.2. The number of ether oxygens (including phenoxy) is 1. The molecule has 3 N–H and O–H groups in total. The third-order valence-electron chi connectivity index (χ3n) is 11.6. The number of aliphatic hydroxyl groups is 2. The number of nitrogens with one attached hydrogen (secondary N) is 1. The summed E-state index contributed by atoms with van der Waals surface area (Å²) in [6, 6.07) is -0.565. The van der Waals surface area contributed by atoms with Crippen molar-refractivity contribution in [2.45, 2.75) is 283 Å². The molecule has 2 unspecified atom stereocenters. The summed E-state index contributed by atoms with van der Waals surface area (Å²) in [4.78, 5) is 24.4. The van der Waals surface area contributed by atoms with Gasteiger partial charge < -0.3 is 20.3 Å². The van der Waals surface area contributed by atoms with E-state index in [9.17, 15) is 19.8 Å². The van der Waals surface area contributed by atoms with Gasteiger partial charge in [-0.05, 0) is 51.4 Å². The van der Waals surface area contributed by atoms with Crippen LogP contribution in [0.15, 0.2) is 12.2 Å². The highest BCUT2D eigenvalue weighted by molar-refractivity contribution is 5.76. The van der Waals surface area contributed by atoms with E-state index >= 15 is 0 Å². The van der Waals surface area contributed by atoms with E-state index in [2.05, 4.69) is 31.3 Å². The van der Waals surface area contributed by atoms with E-state index in [1.54, 1.807) is 0 Å². The van der Waals surface area contributed by atoms with Gasteiger partial charge in [0.25, 0.3) is 0 Å². The first-order valence-corrected chi connectivity index (χ1v) is 24.9. The molecular weight excluding hydrogens is 695 g/mol. The molecule has 0 heterocycles. The van der Waals surface area contributed by atoms with Crippen molar-refractivity contribution in [3.05, 3.63) is 12.2 Å². The van der Waals surface area contributed by atoms with Crippen molar-refractivity contribution in [3.63, 3.8) is 0 Å². The van der Waals surface area contributed by atoms with E-state index in [1.165, 1.54) is 161 Å². The highest BCUT2D eigenvalue weighted by Crippen LogP contribution is 2.16. The first-order valence-electron chi connectivity index (χ1n) is 24.9. The minimum atomic E-state index is -0.684. The first-order chi connectivity index (χ1) is 27.5. The number of hydrogen-bond donors (Lipinski definition) is 3. The Morgan fingerprint density at radius 3 is 1.27 bits per heavy atom. The highest BCUT2D eigenvalue weighted by atomic mass is 16.5. The Morgan fingerprint density at radius 2 is 0.839 bits per heavy atom. The summed E-state index contributed by atoms with van der Waals surface area (Å²) < 4.78 is 5.41. The molecule has 0 aliphatic carbocycles. The molecule has 0 fully saturated rings.